The van der Waals surface area contributed by atoms with Crippen LogP contribution in [0.25, 0.3) is 0 Å². The Bertz CT molecular complexity index is 483. The molecule has 3 N–H and O–H groups in total. The van der Waals surface area contributed by atoms with Crippen LogP contribution in [0.3, 0.4) is 0 Å². The standard InChI is InChI=1S/C17H27N3O3.ClH/c1-13(2)15(17(22)19-10-9-18-11-12-23-3)20-16(21)14-7-5-4-6-8-14;/h4-8,13,15,18H,9-12H2,1-3H3,(H,19,22)(H,20,21);1H. The van der Waals surface area contributed by atoms with E-state index in [9.17, 15) is 9.59 Å². The van der Waals surface area contributed by atoms with E-state index in [1.165, 1.54) is 0 Å². The summed E-state index contributed by atoms with van der Waals surface area (Å²) in [7, 11) is 1.64. The van der Waals surface area contributed by atoms with E-state index in [1.54, 1.807) is 31.4 Å². The third kappa shape index (κ3) is 8.29. The number of amides is 2. The van der Waals surface area contributed by atoms with Gasteiger partial charge in [0.25, 0.3) is 5.91 Å². The van der Waals surface area contributed by atoms with Gasteiger partial charge >= 0.3 is 0 Å². The van der Waals surface area contributed by atoms with Crippen LogP contribution in [0.1, 0.15) is 24.2 Å². The molecule has 0 fully saturated rings. The summed E-state index contributed by atoms with van der Waals surface area (Å²) in [6.07, 6.45) is 0. The van der Waals surface area contributed by atoms with Crippen molar-refractivity contribution in [3.8, 4) is 0 Å². The highest BCUT2D eigenvalue weighted by atomic mass is 35.5. The molecule has 7 heteroatoms. The number of rotatable bonds is 10. The molecule has 0 spiro atoms. The topological polar surface area (TPSA) is 79.5 Å². The third-order valence-electron chi connectivity index (χ3n) is 3.36. The molecule has 1 unspecified atom stereocenters. The first kappa shape index (κ1) is 22.4. The number of halogens is 1. The molecular formula is C17H28ClN3O3. The van der Waals surface area contributed by atoms with Crippen LogP contribution in [0, 0.1) is 5.92 Å². The maximum absolute atomic E-state index is 12.3. The van der Waals surface area contributed by atoms with E-state index in [-0.39, 0.29) is 30.1 Å². The highest BCUT2D eigenvalue weighted by Crippen LogP contribution is 2.05. The molecule has 24 heavy (non-hydrogen) atoms. The highest BCUT2D eigenvalue weighted by Gasteiger charge is 2.24. The van der Waals surface area contributed by atoms with Crippen molar-refractivity contribution in [2.24, 2.45) is 5.92 Å². The summed E-state index contributed by atoms with van der Waals surface area (Å²) < 4.78 is 4.93. The lowest BCUT2D eigenvalue weighted by Gasteiger charge is -2.21. The smallest absolute Gasteiger partial charge is 0.251 e. The van der Waals surface area contributed by atoms with Gasteiger partial charge in [-0.25, -0.2) is 0 Å². The summed E-state index contributed by atoms with van der Waals surface area (Å²) in [6.45, 7) is 6.36. The summed E-state index contributed by atoms with van der Waals surface area (Å²) >= 11 is 0. The first-order valence-electron chi connectivity index (χ1n) is 7.89. The number of ether oxygens (including phenoxy) is 1. The Morgan fingerprint density at radius 1 is 1.08 bits per heavy atom. The van der Waals surface area contributed by atoms with Gasteiger partial charge in [0.2, 0.25) is 5.91 Å². The molecule has 136 valence electrons. The number of carbonyl (C=O) groups is 2. The van der Waals surface area contributed by atoms with Crippen molar-refractivity contribution in [3.05, 3.63) is 35.9 Å². The summed E-state index contributed by atoms with van der Waals surface area (Å²) in [6, 6.07) is 8.34. The van der Waals surface area contributed by atoms with E-state index in [1.807, 2.05) is 19.9 Å². The maximum atomic E-state index is 12.3. The fourth-order valence-electron chi connectivity index (χ4n) is 2.03. The monoisotopic (exact) mass is 357 g/mol. The molecule has 0 bridgehead atoms. The normalized spacial score (nSPS) is 11.5. The largest absolute Gasteiger partial charge is 0.383 e. The van der Waals surface area contributed by atoms with E-state index < -0.39 is 6.04 Å². The van der Waals surface area contributed by atoms with Gasteiger partial charge in [0.05, 0.1) is 6.61 Å². The molecular weight excluding hydrogens is 330 g/mol. The molecule has 1 aromatic carbocycles. The Hall–Kier alpha value is -1.63. The predicted molar refractivity (Wildman–Crippen MR) is 97.5 cm³/mol. The number of carbonyl (C=O) groups excluding carboxylic acids is 2. The van der Waals surface area contributed by atoms with Crippen molar-refractivity contribution in [1.29, 1.82) is 0 Å². The van der Waals surface area contributed by atoms with Crippen molar-refractivity contribution < 1.29 is 14.3 Å². The molecule has 1 aromatic rings. The van der Waals surface area contributed by atoms with E-state index >= 15 is 0 Å². The first-order valence-corrected chi connectivity index (χ1v) is 7.89. The Balaban J connectivity index is 0.00000529. The van der Waals surface area contributed by atoms with Crippen LogP contribution in [0.2, 0.25) is 0 Å². The van der Waals surface area contributed by atoms with Crippen LogP contribution in [0.4, 0.5) is 0 Å². The second-order valence-corrected chi connectivity index (χ2v) is 5.60. The van der Waals surface area contributed by atoms with Crippen LogP contribution < -0.4 is 16.0 Å². The molecule has 0 aliphatic rings. The predicted octanol–water partition coefficient (Wildman–Crippen LogP) is 1.21. The minimum absolute atomic E-state index is 0. The SMILES string of the molecule is COCCNCCNC(=O)C(NC(=O)c1ccccc1)C(C)C.Cl. The van der Waals surface area contributed by atoms with Crippen LogP contribution in [-0.2, 0) is 9.53 Å². The van der Waals surface area contributed by atoms with Gasteiger partial charge in [-0.2, -0.15) is 0 Å². The van der Waals surface area contributed by atoms with E-state index in [0.29, 0.717) is 25.3 Å². The van der Waals surface area contributed by atoms with Crippen molar-refractivity contribution in [2.75, 3.05) is 33.4 Å². The Morgan fingerprint density at radius 2 is 1.75 bits per heavy atom. The molecule has 1 atom stereocenters. The second-order valence-electron chi connectivity index (χ2n) is 5.60. The highest BCUT2D eigenvalue weighted by molar-refractivity contribution is 5.97. The minimum Gasteiger partial charge on any atom is -0.383 e. The number of nitrogens with one attached hydrogen (secondary N) is 3. The zero-order valence-corrected chi connectivity index (χ0v) is 15.3. The second kappa shape index (κ2) is 12.8. The summed E-state index contributed by atoms with van der Waals surface area (Å²) in [5, 5.41) is 8.79. The first-order chi connectivity index (χ1) is 11.1. The lowest BCUT2D eigenvalue weighted by molar-refractivity contribution is -0.123. The zero-order chi connectivity index (χ0) is 17.1. The van der Waals surface area contributed by atoms with Gasteiger partial charge in [0.15, 0.2) is 0 Å². The molecule has 0 heterocycles. The number of hydrogen-bond acceptors (Lipinski definition) is 4. The molecule has 0 saturated heterocycles. The average Bonchev–Trinajstić information content (AvgIpc) is 2.55. The van der Waals surface area contributed by atoms with Crippen molar-refractivity contribution in [2.45, 2.75) is 19.9 Å². The van der Waals surface area contributed by atoms with E-state index in [2.05, 4.69) is 16.0 Å². The molecule has 1 rings (SSSR count). The lowest BCUT2D eigenvalue weighted by Crippen LogP contribution is -2.50. The molecule has 6 nitrogen and oxygen atoms in total. The van der Waals surface area contributed by atoms with Gasteiger partial charge in [-0.05, 0) is 18.1 Å². The molecule has 0 aliphatic carbocycles. The van der Waals surface area contributed by atoms with E-state index in [4.69, 9.17) is 4.74 Å². The fraction of sp³-hybridized carbons (Fsp3) is 0.529. The molecule has 0 radical (unpaired) electrons. The lowest BCUT2D eigenvalue weighted by atomic mass is 10.0. The fourth-order valence-corrected chi connectivity index (χ4v) is 2.03. The van der Waals surface area contributed by atoms with Gasteiger partial charge in [0, 0.05) is 32.3 Å². The van der Waals surface area contributed by atoms with Crippen molar-refractivity contribution in [3.63, 3.8) is 0 Å². The number of methoxy groups -OCH3 is 1. The van der Waals surface area contributed by atoms with Crippen LogP contribution in [0.5, 0.6) is 0 Å². The maximum Gasteiger partial charge on any atom is 0.251 e. The summed E-state index contributed by atoms with van der Waals surface area (Å²) in [4.78, 5) is 24.5. The van der Waals surface area contributed by atoms with Gasteiger partial charge in [-0.3, -0.25) is 9.59 Å². The minimum atomic E-state index is -0.554. The quantitative estimate of drug-likeness (QED) is 0.550. The summed E-state index contributed by atoms with van der Waals surface area (Å²) in [5.74, 6) is -0.403. The molecule has 0 saturated carbocycles. The van der Waals surface area contributed by atoms with Gasteiger partial charge < -0.3 is 20.7 Å². The molecule has 2 amide bonds. The molecule has 0 aliphatic heterocycles. The zero-order valence-electron chi connectivity index (χ0n) is 14.5. The van der Waals surface area contributed by atoms with Crippen LogP contribution in [-0.4, -0.2) is 51.2 Å². The Kier molecular flexibility index (Phi) is 11.9. The summed E-state index contributed by atoms with van der Waals surface area (Å²) in [5.41, 5.74) is 0.548. The van der Waals surface area contributed by atoms with E-state index in [0.717, 1.165) is 6.54 Å². The Labute approximate surface area is 150 Å². The Morgan fingerprint density at radius 3 is 2.33 bits per heavy atom. The van der Waals surface area contributed by atoms with Gasteiger partial charge in [-0.1, -0.05) is 32.0 Å². The number of hydrogen-bond donors (Lipinski definition) is 3. The van der Waals surface area contributed by atoms with Crippen LogP contribution in [0.15, 0.2) is 30.3 Å². The number of benzene rings is 1. The van der Waals surface area contributed by atoms with Gasteiger partial charge in [0.1, 0.15) is 6.04 Å². The van der Waals surface area contributed by atoms with Crippen molar-refractivity contribution >= 4 is 24.2 Å². The van der Waals surface area contributed by atoms with Gasteiger partial charge in [-0.15, -0.1) is 12.4 Å². The third-order valence-corrected chi connectivity index (χ3v) is 3.36. The average molecular weight is 358 g/mol. The van der Waals surface area contributed by atoms with Crippen LogP contribution >= 0.6 is 12.4 Å². The van der Waals surface area contributed by atoms with Crippen molar-refractivity contribution in [1.82, 2.24) is 16.0 Å². The molecule has 0 aromatic heterocycles.